The van der Waals surface area contributed by atoms with Crippen molar-refractivity contribution < 1.29 is 18.7 Å². The van der Waals surface area contributed by atoms with Crippen LogP contribution in [-0.4, -0.2) is 56.6 Å². The van der Waals surface area contributed by atoms with Crippen LogP contribution < -0.4 is 10.2 Å². The maximum atomic E-state index is 12.9. The van der Waals surface area contributed by atoms with E-state index >= 15 is 0 Å². The molecule has 0 unspecified atom stereocenters. The number of rotatable bonds is 5. The van der Waals surface area contributed by atoms with Crippen LogP contribution in [0, 0.1) is 20.8 Å². The van der Waals surface area contributed by atoms with Crippen LogP contribution >= 0.6 is 0 Å². The van der Waals surface area contributed by atoms with Gasteiger partial charge in [0.15, 0.2) is 5.76 Å². The molecule has 0 spiro atoms. The van der Waals surface area contributed by atoms with Crippen LogP contribution in [0.4, 0.5) is 11.4 Å². The Balaban J connectivity index is 1.41. The summed E-state index contributed by atoms with van der Waals surface area (Å²) in [5.74, 6) is -0.103. The molecule has 1 saturated heterocycles. The van der Waals surface area contributed by atoms with Gasteiger partial charge in [-0.1, -0.05) is 12.1 Å². The first-order valence-electron chi connectivity index (χ1n) is 10.8. The fourth-order valence-corrected chi connectivity index (χ4v) is 4.25. The number of esters is 1. The summed E-state index contributed by atoms with van der Waals surface area (Å²) < 4.78 is 10.7. The van der Waals surface area contributed by atoms with Crippen molar-refractivity contribution in [3.8, 4) is 0 Å². The molecule has 168 valence electrons. The van der Waals surface area contributed by atoms with Crippen LogP contribution in [0.5, 0.6) is 0 Å². The molecular formula is C25H29N3O4. The lowest BCUT2D eigenvalue weighted by atomic mass is 10.0. The van der Waals surface area contributed by atoms with E-state index in [0.717, 1.165) is 65.2 Å². The number of hydrogen-bond donors (Lipinski definition) is 1. The summed E-state index contributed by atoms with van der Waals surface area (Å²) in [5.41, 5.74) is 5.56. The van der Waals surface area contributed by atoms with Crippen molar-refractivity contribution in [3.05, 3.63) is 58.8 Å². The van der Waals surface area contributed by atoms with Gasteiger partial charge in [-0.3, -0.25) is 14.5 Å². The smallest absolute Gasteiger partial charge is 0.319 e. The van der Waals surface area contributed by atoms with Crippen molar-refractivity contribution in [2.24, 2.45) is 0 Å². The minimum atomic E-state index is -0.248. The Kier molecular flexibility index (Phi) is 6.19. The van der Waals surface area contributed by atoms with Crippen LogP contribution in [0.3, 0.4) is 0 Å². The number of methoxy groups -OCH3 is 1. The van der Waals surface area contributed by atoms with E-state index in [0.29, 0.717) is 12.3 Å². The van der Waals surface area contributed by atoms with Gasteiger partial charge in [-0.2, -0.15) is 0 Å². The van der Waals surface area contributed by atoms with Gasteiger partial charge < -0.3 is 19.4 Å². The molecule has 1 fully saturated rings. The molecule has 7 nitrogen and oxygen atoms in total. The number of anilines is 2. The number of furan rings is 1. The van der Waals surface area contributed by atoms with E-state index in [9.17, 15) is 9.59 Å². The monoisotopic (exact) mass is 435 g/mol. The summed E-state index contributed by atoms with van der Waals surface area (Å²) in [7, 11) is 1.41. The first-order valence-corrected chi connectivity index (χ1v) is 10.8. The first-order chi connectivity index (χ1) is 15.4. The Hall–Kier alpha value is -3.32. The minimum absolute atomic E-state index is 0.205. The molecule has 1 aromatic heterocycles. The van der Waals surface area contributed by atoms with E-state index in [1.807, 2.05) is 51.1 Å². The van der Waals surface area contributed by atoms with Gasteiger partial charge in [-0.05, 0) is 56.2 Å². The van der Waals surface area contributed by atoms with Crippen LogP contribution in [-0.2, 0) is 9.53 Å². The van der Waals surface area contributed by atoms with Gasteiger partial charge in [0.1, 0.15) is 5.58 Å². The molecular weight excluding hydrogens is 406 g/mol. The number of carbonyl (C=O) groups is 2. The van der Waals surface area contributed by atoms with Crippen molar-refractivity contribution in [2.75, 3.05) is 50.1 Å². The highest BCUT2D eigenvalue weighted by molar-refractivity contribution is 6.07. The summed E-state index contributed by atoms with van der Waals surface area (Å²) in [6.07, 6.45) is 0. The van der Waals surface area contributed by atoms with Crippen molar-refractivity contribution >= 4 is 34.2 Å². The number of benzene rings is 2. The number of fused-ring (bicyclic) bond motifs is 1. The second kappa shape index (κ2) is 9.04. The molecule has 32 heavy (non-hydrogen) atoms. The van der Waals surface area contributed by atoms with Gasteiger partial charge in [0.2, 0.25) is 0 Å². The molecule has 1 N–H and O–H groups in total. The Bertz CT molecular complexity index is 1140. The summed E-state index contributed by atoms with van der Waals surface area (Å²) in [6, 6.07) is 11.9. The van der Waals surface area contributed by atoms with Gasteiger partial charge in [0, 0.05) is 48.5 Å². The van der Waals surface area contributed by atoms with E-state index in [1.165, 1.54) is 7.11 Å². The molecule has 7 heteroatoms. The molecule has 0 aliphatic carbocycles. The van der Waals surface area contributed by atoms with E-state index < -0.39 is 0 Å². The van der Waals surface area contributed by atoms with E-state index in [1.54, 1.807) is 0 Å². The zero-order valence-corrected chi connectivity index (χ0v) is 19.0. The number of piperazine rings is 1. The maximum Gasteiger partial charge on any atom is 0.319 e. The predicted molar refractivity (Wildman–Crippen MR) is 125 cm³/mol. The Labute approximate surface area is 187 Å². The quantitative estimate of drug-likeness (QED) is 0.613. The lowest BCUT2D eigenvalue weighted by Gasteiger charge is -2.35. The Morgan fingerprint density at radius 2 is 1.62 bits per heavy atom. The molecule has 0 bridgehead atoms. The molecule has 1 aliphatic rings. The number of carbonyl (C=O) groups excluding carboxylic acids is 2. The average molecular weight is 436 g/mol. The standard InChI is InChI=1S/C25H29N3O4/c1-16-5-6-17(2)23-22(16)18(3)24(32-23)25(30)26-19-7-9-20(10-8-19)28-13-11-27(12-14-28)15-21(29)31-4/h5-10H,11-15H2,1-4H3,(H,26,30). The lowest BCUT2D eigenvalue weighted by Crippen LogP contribution is -2.48. The van der Waals surface area contributed by atoms with Gasteiger partial charge in [0.25, 0.3) is 5.91 Å². The van der Waals surface area contributed by atoms with Crippen LogP contribution in [0.1, 0.15) is 27.2 Å². The third-order valence-corrected chi connectivity index (χ3v) is 6.13. The fraction of sp³-hybridized carbons (Fsp3) is 0.360. The number of hydrogen-bond acceptors (Lipinski definition) is 6. The van der Waals surface area contributed by atoms with Gasteiger partial charge in [0.05, 0.1) is 13.7 Å². The van der Waals surface area contributed by atoms with Crippen molar-refractivity contribution in [2.45, 2.75) is 20.8 Å². The zero-order chi connectivity index (χ0) is 22.8. The highest BCUT2D eigenvalue weighted by Gasteiger charge is 2.21. The van der Waals surface area contributed by atoms with Crippen LogP contribution in [0.2, 0.25) is 0 Å². The van der Waals surface area contributed by atoms with Crippen molar-refractivity contribution in [1.82, 2.24) is 4.90 Å². The van der Waals surface area contributed by atoms with Gasteiger partial charge >= 0.3 is 5.97 Å². The fourth-order valence-electron chi connectivity index (χ4n) is 4.25. The topological polar surface area (TPSA) is 75.0 Å². The molecule has 1 amide bonds. The predicted octanol–water partition coefficient (Wildman–Crippen LogP) is 3.91. The van der Waals surface area contributed by atoms with Crippen LogP contribution in [0.15, 0.2) is 40.8 Å². The minimum Gasteiger partial charge on any atom is -0.468 e. The van der Waals surface area contributed by atoms with E-state index in [4.69, 9.17) is 9.15 Å². The number of aryl methyl sites for hydroxylation is 3. The number of amides is 1. The second-order valence-corrected chi connectivity index (χ2v) is 8.30. The SMILES string of the molecule is COC(=O)CN1CCN(c2ccc(NC(=O)c3oc4c(C)ccc(C)c4c3C)cc2)CC1. The third-order valence-electron chi connectivity index (χ3n) is 6.13. The van der Waals surface area contributed by atoms with E-state index in [2.05, 4.69) is 21.2 Å². The maximum absolute atomic E-state index is 12.9. The normalized spacial score (nSPS) is 14.6. The molecule has 0 radical (unpaired) electrons. The van der Waals surface area contributed by atoms with Gasteiger partial charge in [-0.15, -0.1) is 0 Å². The largest absolute Gasteiger partial charge is 0.468 e. The van der Waals surface area contributed by atoms with Crippen molar-refractivity contribution in [1.29, 1.82) is 0 Å². The molecule has 2 heterocycles. The summed E-state index contributed by atoms with van der Waals surface area (Å²) in [5, 5.41) is 3.96. The summed E-state index contributed by atoms with van der Waals surface area (Å²) >= 11 is 0. The lowest BCUT2D eigenvalue weighted by molar-refractivity contribution is -0.142. The molecule has 0 atom stereocenters. The third kappa shape index (κ3) is 4.34. The molecule has 3 aromatic rings. The van der Waals surface area contributed by atoms with Gasteiger partial charge in [-0.25, -0.2) is 0 Å². The van der Waals surface area contributed by atoms with E-state index in [-0.39, 0.29) is 11.9 Å². The first kappa shape index (κ1) is 21.9. The second-order valence-electron chi connectivity index (χ2n) is 8.30. The Morgan fingerprint density at radius 1 is 0.969 bits per heavy atom. The molecule has 0 saturated carbocycles. The number of ether oxygens (including phenoxy) is 1. The summed E-state index contributed by atoms with van der Waals surface area (Å²) in [4.78, 5) is 28.7. The Morgan fingerprint density at radius 3 is 2.25 bits per heavy atom. The molecule has 4 rings (SSSR count). The zero-order valence-electron chi connectivity index (χ0n) is 19.0. The average Bonchev–Trinajstić information content (AvgIpc) is 3.16. The molecule has 2 aromatic carbocycles. The highest BCUT2D eigenvalue weighted by Crippen LogP contribution is 2.31. The summed E-state index contributed by atoms with van der Waals surface area (Å²) in [6.45, 7) is 9.54. The number of nitrogens with one attached hydrogen (secondary N) is 1. The van der Waals surface area contributed by atoms with Crippen molar-refractivity contribution in [3.63, 3.8) is 0 Å². The highest BCUT2D eigenvalue weighted by atomic mass is 16.5. The number of nitrogens with zero attached hydrogens (tertiary/aromatic N) is 2. The molecule has 1 aliphatic heterocycles. The van der Waals surface area contributed by atoms with Crippen LogP contribution in [0.25, 0.3) is 11.0 Å².